The lowest BCUT2D eigenvalue weighted by Crippen LogP contribution is -2.47. The van der Waals surface area contributed by atoms with E-state index in [2.05, 4.69) is 15.6 Å². The lowest BCUT2D eigenvalue weighted by Gasteiger charge is -2.31. The molecule has 0 bridgehead atoms. The van der Waals surface area contributed by atoms with Crippen molar-refractivity contribution in [3.63, 3.8) is 0 Å². The number of hydrogen-bond donors (Lipinski definition) is 2. The van der Waals surface area contributed by atoms with E-state index in [0.717, 1.165) is 5.56 Å². The Kier molecular flexibility index (Phi) is 7.56. The fourth-order valence-electron chi connectivity index (χ4n) is 4.28. The molecule has 3 aromatic rings. The Morgan fingerprint density at radius 2 is 2.03 bits per heavy atom. The first-order valence-corrected chi connectivity index (χ1v) is 12.9. The molecule has 4 rings (SSSR count). The molecule has 2 amide bonds. The van der Waals surface area contributed by atoms with E-state index in [4.69, 9.17) is 11.6 Å². The molecule has 0 spiro atoms. The maximum absolute atomic E-state index is 15.2. The number of benzene rings is 2. The van der Waals surface area contributed by atoms with Gasteiger partial charge in [-0.3, -0.25) is 9.48 Å². The van der Waals surface area contributed by atoms with Crippen LogP contribution in [0.15, 0.2) is 47.5 Å². The first kappa shape index (κ1) is 26.0. The lowest BCUT2D eigenvalue weighted by molar-refractivity contribution is -0.122. The van der Waals surface area contributed by atoms with Crippen LogP contribution in [0.25, 0.3) is 11.3 Å². The standard InChI is InChI=1S/C25H27ClFN5O3S/c1-4-31-13-20(29-30-31)18-9-21-22(10-19(18)27)36-14-16(11-25(2,3)28-24(34)35)23(33)32(21)12-15-5-7-17(26)8-6-15/h5-10,13,16,28H,4,11-12,14H2,1-3H3,(H,34,35)/t16-/m0/s1. The van der Waals surface area contributed by atoms with E-state index in [1.807, 2.05) is 19.1 Å². The minimum absolute atomic E-state index is 0.161. The van der Waals surface area contributed by atoms with Crippen molar-refractivity contribution in [1.82, 2.24) is 20.3 Å². The third kappa shape index (κ3) is 5.82. The maximum Gasteiger partial charge on any atom is 0.405 e. The summed E-state index contributed by atoms with van der Waals surface area (Å²) in [5.74, 6) is -0.719. The summed E-state index contributed by atoms with van der Waals surface area (Å²) in [5, 5.41) is 20.4. The van der Waals surface area contributed by atoms with Gasteiger partial charge in [-0.2, -0.15) is 0 Å². The molecule has 2 aromatic carbocycles. The van der Waals surface area contributed by atoms with Crippen molar-refractivity contribution in [3.05, 3.63) is 59.0 Å². The number of aryl methyl sites for hydroxylation is 1. The third-order valence-electron chi connectivity index (χ3n) is 5.99. The Balaban J connectivity index is 1.76. The normalized spacial score (nSPS) is 16.0. The highest BCUT2D eigenvalue weighted by molar-refractivity contribution is 7.99. The molecule has 8 nitrogen and oxygen atoms in total. The quantitative estimate of drug-likeness (QED) is 0.420. The van der Waals surface area contributed by atoms with E-state index in [1.54, 1.807) is 47.8 Å². The van der Waals surface area contributed by atoms with Gasteiger partial charge >= 0.3 is 6.09 Å². The van der Waals surface area contributed by atoms with Gasteiger partial charge < -0.3 is 15.3 Å². The second-order valence-corrected chi connectivity index (χ2v) is 10.8. The first-order valence-electron chi connectivity index (χ1n) is 11.5. The summed E-state index contributed by atoms with van der Waals surface area (Å²) in [6, 6.07) is 10.3. The van der Waals surface area contributed by atoms with E-state index in [-0.39, 0.29) is 24.4 Å². The Morgan fingerprint density at radius 1 is 1.31 bits per heavy atom. The van der Waals surface area contributed by atoms with E-state index in [9.17, 15) is 14.7 Å². The first-order chi connectivity index (χ1) is 17.1. The fourth-order valence-corrected chi connectivity index (χ4v) is 5.55. The second kappa shape index (κ2) is 10.5. The maximum atomic E-state index is 15.2. The van der Waals surface area contributed by atoms with Gasteiger partial charge in [0, 0.05) is 33.3 Å². The van der Waals surface area contributed by atoms with E-state index < -0.39 is 23.4 Å². The SMILES string of the molecule is CCn1cc(-c2cc3c(cc2F)SC[C@H](CC(C)(C)NC(=O)O)C(=O)N3Cc2ccc(Cl)cc2)nn1. The van der Waals surface area contributed by atoms with E-state index in [1.165, 1.54) is 17.8 Å². The van der Waals surface area contributed by atoms with Crippen LogP contribution in [0.3, 0.4) is 0 Å². The highest BCUT2D eigenvalue weighted by atomic mass is 35.5. The highest BCUT2D eigenvalue weighted by Crippen LogP contribution is 2.42. The molecular weight excluding hydrogens is 505 g/mol. The largest absolute Gasteiger partial charge is 0.465 e. The van der Waals surface area contributed by atoms with Crippen LogP contribution in [0, 0.1) is 11.7 Å². The van der Waals surface area contributed by atoms with Gasteiger partial charge in [0.05, 0.1) is 24.3 Å². The van der Waals surface area contributed by atoms with Crippen LogP contribution in [0.4, 0.5) is 14.9 Å². The molecule has 0 fully saturated rings. The van der Waals surface area contributed by atoms with Crippen molar-refractivity contribution < 1.29 is 19.1 Å². The average molecular weight is 532 g/mol. The predicted molar refractivity (Wildman–Crippen MR) is 138 cm³/mol. The minimum atomic E-state index is -1.15. The van der Waals surface area contributed by atoms with Gasteiger partial charge in [0.1, 0.15) is 11.5 Å². The number of carbonyl (C=O) groups excluding carboxylic acids is 1. The molecule has 2 heterocycles. The topological polar surface area (TPSA) is 100 Å². The van der Waals surface area contributed by atoms with Crippen LogP contribution < -0.4 is 10.2 Å². The van der Waals surface area contributed by atoms with Gasteiger partial charge in [-0.1, -0.05) is 28.9 Å². The molecule has 0 aliphatic carbocycles. The summed E-state index contributed by atoms with van der Waals surface area (Å²) in [7, 11) is 0. The number of hydrogen-bond acceptors (Lipinski definition) is 5. The van der Waals surface area contributed by atoms with E-state index >= 15 is 4.39 Å². The van der Waals surface area contributed by atoms with Crippen molar-refractivity contribution in [2.45, 2.75) is 50.7 Å². The fraction of sp³-hybridized carbons (Fsp3) is 0.360. The van der Waals surface area contributed by atoms with Crippen molar-refractivity contribution >= 4 is 41.1 Å². The number of nitrogens with one attached hydrogen (secondary N) is 1. The molecular formula is C25H27ClFN5O3S. The van der Waals surface area contributed by atoms with Crippen LogP contribution in [0.2, 0.25) is 5.02 Å². The van der Waals surface area contributed by atoms with Gasteiger partial charge in [-0.25, -0.2) is 9.18 Å². The Labute approximate surface area is 217 Å². The zero-order valence-corrected chi connectivity index (χ0v) is 21.7. The zero-order chi connectivity index (χ0) is 26.0. The minimum Gasteiger partial charge on any atom is -0.465 e. The molecule has 1 aliphatic heterocycles. The predicted octanol–water partition coefficient (Wildman–Crippen LogP) is 5.45. The molecule has 1 aromatic heterocycles. The number of amides is 2. The molecule has 1 atom stereocenters. The summed E-state index contributed by atoms with van der Waals surface area (Å²) < 4.78 is 16.8. The molecule has 190 valence electrons. The van der Waals surface area contributed by atoms with Crippen molar-refractivity contribution in [2.24, 2.45) is 5.92 Å². The monoisotopic (exact) mass is 531 g/mol. The number of nitrogens with zero attached hydrogens (tertiary/aromatic N) is 4. The summed E-state index contributed by atoms with van der Waals surface area (Å²) in [5.41, 5.74) is 1.25. The van der Waals surface area contributed by atoms with Crippen LogP contribution in [-0.4, -0.2) is 43.4 Å². The van der Waals surface area contributed by atoms with Crippen LogP contribution in [-0.2, 0) is 17.9 Å². The summed E-state index contributed by atoms with van der Waals surface area (Å²) >= 11 is 7.44. The second-order valence-electron chi connectivity index (χ2n) is 9.34. The molecule has 2 N–H and O–H groups in total. The van der Waals surface area contributed by atoms with Crippen LogP contribution in [0.1, 0.15) is 32.8 Å². The number of aromatic nitrogens is 3. The van der Waals surface area contributed by atoms with Gasteiger partial charge in [0.15, 0.2) is 0 Å². The summed E-state index contributed by atoms with van der Waals surface area (Å²) in [4.78, 5) is 27.5. The zero-order valence-electron chi connectivity index (χ0n) is 20.2. The van der Waals surface area contributed by atoms with Gasteiger partial charge in [0.25, 0.3) is 0 Å². The van der Waals surface area contributed by atoms with Crippen molar-refractivity contribution in [1.29, 1.82) is 0 Å². The van der Waals surface area contributed by atoms with Gasteiger partial charge in [0.2, 0.25) is 5.91 Å². The number of carboxylic acid groups (broad SMARTS) is 1. The molecule has 0 saturated carbocycles. The van der Waals surface area contributed by atoms with Crippen molar-refractivity contribution in [2.75, 3.05) is 10.7 Å². The molecule has 36 heavy (non-hydrogen) atoms. The lowest BCUT2D eigenvalue weighted by atomic mass is 9.90. The number of carbonyl (C=O) groups is 2. The van der Waals surface area contributed by atoms with E-state index in [0.29, 0.717) is 33.6 Å². The van der Waals surface area contributed by atoms with Gasteiger partial charge in [-0.15, -0.1) is 16.9 Å². The summed E-state index contributed by atoms with van der Waals surface area (Å²) in [6.07, 6.45) is 0.807. The molecule has 1 aliphatic rings. The third-order valence-corrected chi connectivity index (χ3v) is 7.45. The highest BCUT2D eigenvalue weighted by Gasteiger charge is 2.36. The van der Waals surface area contributed by atoms with Crippen molar-refractivity contribution in [3.8, 4) is 11.3 Å². The Hall–Kier alpha value is -3.11. The van der Waals surface area contributed by atoms with Gasteiger partial charge in [-0.05, 0) is 57.0 Å². The number of fused-ring (bicyclic) bond motifs is 1. The molecule has 0 saturated heterocycles. The molecule has 0 radical (unpaired) electrons. The Bertz CT molecular complexity index is 1280. The number of rotatable bonds is 7. The molecule has 0 unspecified atom stereocenters. The number of thioether (sulfide) groups is 1. The average Bonchev–Trinajstić information content (AvgIpc) is 3.25. The smallest absolute Gasteiger partial charge is 0.405 e. The van der Waals surface area contributed by atoms with Crippen LogP contribution >= 0.6 is 23.4 Å². The Morgan fingerprint density at radius 3 is 2.67 bits per heavy atom. The van der Waals surface area contributed by atoms with Crippen LogP contribution in [0.5, 0.6) is 0 Å². The number of halogens is 2. The molecule has 11 heteroatoms. The summed E-state index contributed by atoms with van der Waals surface area (Å²) in [6.45, 7) is 6.25. The number of anilines is 1.